The Balaban J connectivity index is 0.910. The van der Waals surface area contributed by atoms with Gasteiger partial charge in [0.2, 0.25) is 0 Å². The largest absolute Gasteiger partial charge is 0.333 e. The van der Waals surface area contributed by atoms with Gasteiger partial charge in [-0.2, -0.15) is 0 Å². The van der Waals surface area contributed by atoms with Gasteiger partial charge in [0.25, 0.3) is 0 Å². The summed E-state index contributed by atoms with van der Waals surface area (Å²) in [5, 5.41) is 7.95. The molecular weight excluding hydrogens is 797 g/mol. The molecule has 0 radical (unpaired) electrons. The van der Waals surface area contributed by atoms with E-state index in [1.165, 1.54) is 116 Å². The van der Waals surface area contributed by atoms with Crippen LogP contribution in [0.4, 0.5) is 28.4 Å². The highest BCUT2D eigenvalue weighted by Gasteiger charge is 2.40. The Morgan fingerprint density at radius 1 is 0.424 bits per heavy atom. The molecule has 3 aliphatic carbocycles. The minimum Gasteiger partial charge on any atom is -0.333 e. The molecule has 10 aromatic rings. The quantitative estimate of drug-likeness (QED) is 0.159. The minimum atomic E-state index is -0.110. The van der Waals surface area contributed by atoms with Crippen molar-refractivity contribution in [3.63, 3.8) is 0 Å². The lowest BCUT2D eigenvalue weighted by Gasteiger charge is -2.30. The van der Waals surface area contributed by atoms with E-state index >= 15 is 0 Å². The molecule has 10 aromatic carbocycles. The topological polar surface area (TPSA) is 6.48 Å². The number of hydrogen-bond donors (Lipinski definition) is 0. The van der Waals surface area contributed by atoms with Gasteiger partial charge < -0.3 is 9.80 Å². The summed E-state index contributed by atoms with van der Waals surface area (Å²) in [6, 6.07) is 69.3. The van der Waals surface area contributed by atoms with Crippen LogP contribution in [0.3, 0.4) is 0 Å². The van der Waals surface area contributed by atoms with Gasteiger partial charge in [-0.3, -0.25) is 0 Å². The molecule has 0 saturated heterocycles. The Hall–Kier alpha value is -7.68. The van der Waals surface area contributed by atoms with Crippen LogP contribution in [0.15, 0.2) is 206 Å². The third-order valence-corrected chi connectivity index (χ3v) is 15.9. The third kappa shape index (κ3) is 5.07. The van der Waals surface area contributed by atoms with Gasteiger partial charge in [0.05, 0.1) is 6.04 Å². The molecule has 66 heavy (non-hydrogen) atoms. The highest BCUT2D eigenvalue weighted by atomic mass is 15.2. The van der Waals surface area contributed by atoms with Crippen molar-refractivity contribution in [3.8, 4) is 33.4 Å². The van der Waals surface area contributed by atoms with E-state index in [4.69, 9.17) is 0 Å². The predicted octanol–water partition coefficient (Wildman–Crippen LogP) is 17.1. The zero-order chi connectivity index (χ0) is 44.1. The third-order valence-electron chi connectivity index (χ3n) is 15.9. The molecule has 314 valence electrons. The molecule has 4 aliphatic rings. The van der Waals surface area contributed by atoms with Crippen molar-refractivity contribution in [1.82, 2.24) is 0 Å². The summed E-state index contributed by atoms with van der Waals surface area (Å²) >= 11 is 0. The molecule has 1 heterocycles. The lowest BCUT2D eigenvalue weighted by molar-refractivity contribution is 0.660. The maximum Gasteiger partial charge on any atom is 0.0629 e. The summed E-state index contributed by atoms with van der Waals surface area (Å²) in [6.45, 7) is 9.50. The second-order valence-corrected chi connectivity index (χ2v) is 20.0. The van der Waals surface area contributed by atoms with E-state index in [2.05, 4.69) is 244 Å². The van der Waals surface area contributed by atoms with Gasteiger partial charge in [-0.15, -0.1) is 0 Å². The van der Waals surface area contributed by atoms with Crippen molar-refractivity contribution < 1.29 is 0 Å². The molecule has 2 heteroatoms. The minimum absolute atomic E-state index is 0.110. The van der Waals surface area contributed by atoms with Crippen LogP contribution in [0, 0.1) is 0 Å². The summed E-state index contributed by atoms with van der Waals surface area (Å²) in [6.07, 6.45) is 9.23. The lowest BCUT2D eigenvalue weighted by Crippen LogP contribution is -2.28. The van der Waals surface area contributed by atoms with Crippen LogP contribution in [-0.2, 0) is 10.8 Å². The van der Waals surface area contributed by atoms with E-state index in [0.717, 1.165) is 5.69 Å². The summed E-state index contributed by atoms with van der Waals surface area (Å²) in [5.74, 6) is 0.281. The average molecular weight is 845 g/mol. The number of benzene rings is 10. The number of anilines is 5. The highest BCUT2D eigenvalue weighted by Crippen LogP contribution is 2.55. The van der Waals surface area contributed by atoms with Crippen LogP contribution >= 0.6 is 0 Å². The first-order chi connectivity index (χ1) is 32.3. The van der Waals surface area contributed by atoms with E-state index in [1.807, 2.05) is 0 Å². The van der Waals surface area contributed by atoms with Gasteiger partial charge in [-0.25, -0.2) is 0 Å². The van der Waals surface area contributed by atoms with Gasteiger partial charge in [-0.1, -0.05) is 179 Å². The fourth-order valence-corrected chi connectivity index (χ4v) is 12.8. The molecule has 0 saturated carbocycles. The van der Waals surface area contributed by atoms with Crippen LogP contribution in [0.25, 0.3) is 65.7 Å². The number of nitrogens with zero attached hydrogens (tertiary/aromatic N) is 2. The van der Waals surface area contributed by atoms with E-state index in [9.17, 15) is 0 Å². The second kappa shape index (κ2) is 13.4. The molecule has 0 N–H and O–H groups in total. The van der Waals surface area contributed by atoms with Gasteiger partial charge in [0.1, 0.15) is 0 Å². The van der Waals surface area contributed by atoms with Crippen molar-refractivity contribution in [1.29, 1.82) is 0 Å². The molecule has 0 amide bonds. The Morgan fingerprint density at radius 2 is 0.955 bits per heavy atom. The van der Waals surface area contributed by atoms with E-state index in [1.54, 1.807) is 0 Å². The molecule has 0 aromatic heterocycles. The van der Waals surface area contributed by atoms with E-state index < -0.39 is 0 Å². The number of fused-ring (bicyclic) bond motifs is 10. The Morgan fingerprint density at radius 3 is 1.64 bits per heavy atom. The Labute approximate surface area is 386 Å². The highest BCUT2D eigenvalue weighted by molar-refractivity contribution is 6.27. The molecule has 2 nitrogen and oxygen atoms in total. The molecule has 0 bridgehead atoms. The molecule has 0 spiro atoms. The zero-order valence-electron chi connectivity index (χ0n) is 37.7. The standard InChI is InChI=1S/C64H48N2/c1-63(2)54-19-11-8-16-47(54)49-34-29-44(37-56(49)63)65(45-30-35-50-48-17-9-12-20-55(48)64(3,4)57(50)38-45)43-27-22-39(23-28-43)46-31-24-40-25-33-53-61-41(26-32-51(46)60(40)61)36-59-62(53)52-18-10-13-21-58(52)66(59)42-14-6-5-7-15-42/h5-38,52,58H,1-4H3. The number of hydrogen-bond acceptors (Lipinski definition) is 2. The smallest absolute Gasteiger partial charge is 0.0629 e. The van der Waals surface area contributed by atoms with Crippen molar-refractivity contribution in [2.45, 2.75) is 50.5 Å². The van der Waals surface area contributed by atoms with Crippen LogP contribution in [-0.4, -0.2) is 6.04 Å². The Bertz CT molecular complexity index is 3610. The van der Waals surface area contributed by atoms with Crippen LogP contribution in [0.1, 0.15) is 61.4 Å². The average Bonchev–Trinajstić information content (AvgIpc) is 3.90. The van der Waals surface area contributed by atoms with E-state index in [-0.39, 0.29) is 22.8 Å². The fourth-order valence-electron chi connectivity index (χ4n) is 12.8. The zero-order valence-corrected chi connectivity index (χ0v) is 37.7. The molecule has 1 aliphatic heterocycles. The SMILES string of the molecule is CC1(C)c2ccccc2-c2ccc(N(c3ccc(-c4ccc5ccc6c7c(cc8ccc4c5c86)N(c4ccccc4)C4C=CC=CC74)cc3)c3ccc4c(c3)C(C)(C)c3ccccc3-4)cc21. The fraction of sp³-hybridized carbons (Fsp3) is 0.125. The predicted molar refractivity (Wildman–Crippen MR) is 279 cm³/mol. The van der Waals surface area contributed by atoms with Crippen LogP contribution in [0.5, 0.6) is 0 Å². The lowest BCUT2D eigenvalue weighted by atomic mass is 9.82. The number of para-hydroxylation sites is 1. The van der Waals surface area contributed by atoms with Gasteiger partial charge in [-0.05, 0) is 148 Å². The van der Waals surface area contributed by atoms with Crippen LogP contribution in [0.2, 0.25) is 0 Å². The Kier molecular flexibility index (Phi) is 7.67. The van der Waals surface area contributed by atoms with Crippen molar-refractivity contribution >= 4 is 60.8 Å². The number of rotatable bonds is 5. The van der Waals surface area contributed by atoms with Crippen LogP contribution < -0.4 is 9.80 Å². The maximum atomic E-state index is 2.55. The first-order valence-electron chi connectivity index (χ1n) is 23.6. The first kappa shape index (κ1) is 37.7. The van der Waals surface area contributed by atoms with Crippen molar-refractivity contribution in [2.24, 2.45) is 0 Å². The molecular formula is C64H48N2. The van der Waals surface area contributed by atoms with Gasteiger partial charge in [0, 0.05) is 45.2 Å². The molecule has 0 fully saturated rings. The normalized spacial score (nSPS) is 17.8. The monoisotopic (exact) mass is 844 g/mol. The second-order valence-electron chi connectivity index (χ2n) is 20.0. The summed E-state index contributed by atoms with van der Waals surface area (Å²) in [4.78, 5) is 5.03. The molecule has 2 atom stereocenters. The molecule has 2 unspecified atom stereocenters. The maximum absolute atomic E-state index is 2.55. The molecule has 14 rings (SSSR count). The summed E-state index contributed by atoms with van der Waals surface area (Å²) in [7, 11) is 0. The van der Waals surface area contributed by atoms with Crippen molar-refractivity contribution in [3.05, 3.63) is 234 Å². The summed E-state index contributed by atoms with van der Waals surface area (Å²) < 4.78 is 0. The van der Waals surface area contributed by atoms with Crippen molar-refractivity contribution in [2.75, 3.05) is 9.80 Å². The summed E-state index contributed by atoms with van der Waals surface area (Å²) in [5.41, 5.74) is 20.6. The first-order valence-corrected chi connectivity index (χ1v) is 23.6. The van der Waals surface area contributed by atoms with E-state index in [0.29, 0.717) is 0 Å². The van der Waals surface area contributed by atoms with Gasteiger partial charge in [0.15, 0.2) is 0 Å². The van der Waals surface area contributed by atoms with Gasteiger partial charge >= 0.3 is 0 Å². The number of allylic oxidation sites excluding steroid dienone is 2.